The van der Waals surface area contributed by atoms with Gasteiger partial charge in [-0.05, 0) is 34.4 Å². The van der Waals surface area contributed by atoms with Crippen molar-refractivity contribution in [1.29, 1.82) is 0 Å². The van der Waals surface area contributed by atoms with Crippen LogP contribution in [0.1, 0.15) is 27.7 Å². The first-order valence-corrected chi connectivity index (χ1v) is 8.70. The minimum absolute atomic E-state index is 0.121. The molecule has 0 aromatic heterocycles. The van der Waals surface area contributed by atoms with Gasteiger partial charge < -0.3 is 9.47 Å². The van der Waals surface area contributed by atoms with E-state index >= 15 is 0 Å². The molecule has 0 N–H and O–H groups in total. The van der Waals surface area contributed by atoms with Crippen molar-refractivity contribution in [3.05, 3.63) is 35.9 Å². The molecular weight excluding hydrogens is 321 g/mol. The Labute approximate surface area is 148 Å². The van der Waals surface area contributed by atoms with Crippen molar-refractivity contribution in [3.63, 3.8) is 0 Å². The van der Waals surface area contributed by atoms with Crippen LogP contribution in [0, 0.1) is 22.5 Å². The van der Waals surface area contributed by atoms with E-state index in [1.54, 1.807) is 19.2 Å². The summed E-state index contributed by atoms with van der Waals surface area (Å²) in [6.45, 7) is 9.27. The Bertz CT molecular complexity index is 786. The summed E-state index contributed by atoms with van der Waals surface area (Å²) in [7, 11) is 1.55. The molecule has 0 radical (unpaired) electrons. The summed E-state index contributed by atoms with van der Waals surface area (Å²) in [5.74, 6) is -0.956. The van der Waals surface area contributed by atoms with E-state index in [0.29, 0.717) is 16.5 Å². The van der Waals surface area contributed by atoms with Crippen LogP contribution in [-0.2, 0) is 4.74 Å². The van der Waals surface area contributed by atoms with Gasteiger partial charge in [0.25, 0.3) is 0 Å². The quantitative estimate of drug-likeness (QED) is 0.581. The molecule has 0 aliphatic carbocycles. The van der Waals surface area contributed by atoms with E-state index in [2.05, 4.69) is 27.7 Å². The molecule has 3 rings (SSSR count). The van der Waals surface area contributed by atoms with Gasteiger partial charge in [0.15, 0.2) is 25.1 Å². The summed E-state index contributed by atoms with van der Waals surface area (Å²) in [6, 6.07) is 6.38. The Morgan fingerprint density at radius 1 is 1.04 bits per heavy atom. The summed E-state index contributed by atoms with van der Waals surface area (Å²) < 4.78 is 39.1. The fourth-order valence-electron chi connectivity index (χ4n) is 4.01. The Morgan fingerprint density at radius 3 is 2.28 bits per heavy atom. The zero-order chi connectivity index (χ0) is 18.4. The summed E-state index contributed by atoms with van der Waals surface area (Å²) in [4.78, 5) is 0. The summed E-state index contributed by atoms with van der Waals surface area (Å²) in [6.07, 6.45) is 1.86. The van der Waals surface area contributed by atoms with Crippen LogP contribution < -0.4 is 10.2 Å². The smallest absolute Gasteiger partial charge is 0.188 e. The fraction of sp³-hybridized carbons (Fsp3) is 0.500. The number of halogens is 2. The number of hydrogen-bond acceptors (Lipinski definition) is 2. The van der Waals surface area contributed by atoms with E-state index in [1.807, 2.05) is 6.07 Å². The first-order valence-electron chi connectivity index (χ1n) is 8.70. The number of fused-ring (bicyclic) bond motifs is 1. The third-order valence-electron chi connectivity index (χ3n) is 6.14. The van der Waals surface area contributed by atoms with Crippen molar-refractivity contribution in [3.8, 4) is 5.75 Å². The van der Waals surface area contributed by atoms with Crippen LogP contribution in [0.15, 0.2) is 24.3 Å². The van der Waals surface area contributed by atoms with E-state index in [9.17, 15) is 8.78 Å². The Morgan fingerprint density at radius 2 is 1.68 bits per heavy atom. The normalized spacial score (nSPS) is 18.8. The summed E-state index contributed by atoms with van der Waals surface area (Å²) in [5, 5.41) is 1.04. The zero-order valence-electron chi connectivity index (χ0n) is 15.6. The molecule has 0 bridgehead atoms. The molecule has 1 fully saturated rings. The van der Waals surface area contributed by atoms with E-state index in [0.717, 1.165) is 18.1 Å². The standard InChI is InChI=1S/C20H25BF2O2/c1-19(2)10-21(11-20(19,3)4)15-9-14(25-12-24-5)8-13-6-7-16(22)18(23)17(13)15/h6-9H,10-12H2,1-5H3. The molecule has 2 aromatic carbocycles. The number of rotatable bonds is 4. The van der Waals surface area contributed by atoms with Gasteiger partial charge >= 0.3 is 0 Å². The van der Waals surface area contributed by atoms with Gasteiger partial charge in [0, 0.05) is 12.5 Å². The van der Waals surface area contributed by atoms with Crippen molar-refractivity contribution in [2.24, 2.45) is 10.8 Å². The molecule has 0 spiro atoms. The lowest BCUT2D eigenvalue weighted by Gasteiger charge is -2.35. The molecule has 0 unspecified atom stereocenters. The second-order valence-electron chi connectivity index (χ2n) is 8.40. The van der Waals surface area contributed by atoms with E-state index in [1.165, 1.54) is 6.07 Å². The lowest BCUT2D eigenvalue weighted by atomic mass is 9.41. The molecular formula is C20H25BF2O2. The Kier molecular flexibility index (Phi) is 4.57. The number of ether oxygens (including phenoxy) is 2. The van der Waals surface area contributed by atoms with Gasteiger partial charge in [-0.1, -0.05) is 51.9 Å². The highest BCUT2D eigenvalue weighted by molar-refractivity contribution is 6.76. The molecule has 0 amide bonds. The van der Waals surface area contributed by atoms with Gasteiger partial charge in [-0.2, -0.15) is 0 Å². The molecule has 25 heavy (non-hydrogen) atoms. The predicted octanol–water partition coefficient (Wildman–Crippen LogP) is 4.87. The second kappa shape index (κ2) is 6.28. The molecule has 1 aliphatic rings. The highest BCUT2D eigenvalue weighted by Gasteiger charge is 2.48. The minimum Gasteiger partial charge on any atom is -0.468 e. The van der Waals surface area contributed by atoms with Crippen molar-refractivity contribution in [2.45, 2.75) is 40.3 Å². The van der Waals surface area contributed by atoms with Gasteiger partial charge in [-0.15, -0.1) is 0 Å². The molecule has 2 nitrogen and oxygen atoms in total. The predicted molar refractivity (Wildman–Crippen MR) is 98.9 cm³/mol. The maximum atomic E-state index is 14.6. The van der Waals surface area contributed by atoms with Crippen LogP contribution in [-0.4, -0.2) is 20.6 Å². The first-order chi connectivity index (χ1) is 11.7. The molecule has 1 heterocycles. The van der Waals surface area contributed by atoms with Crippen LogP contribution in [0.5, 0.6) is 5.75 Å². The molecule has 1 aliphatic heterocycles. The van der Waals surface area contributed by atoms with Gasteiger partial charge in [0.1, 0.15) is 5.75 Å². The monoisotopic (exact) mass is 346 g/mol. The van der Waals surface area contributed by atoms with Crippen LogP contribution in [0.25, 0.3) is 10.8 Å². The lowest BCUT2D eigenvalue weighted by molar-refractivity contribution is 0.0513. The molecule has 5 heteroatoms. The number of hydrogen-bond donors (Lipinski definition) is 0. The van der Waals surface area contributed by atoms with E-state index in [-0.39, 0.29) is 24.3 Å². The van der Waals surface area contributed by atoms with Gasteiger partial charge in [0.05, 0.1) is 0 Å². The van der Waals surface area contributed by atoms with Gasteiger partial charge in [-0.25, -0.2) is 8.78 Å². The van der Waals surface area contributed by atoms with Gasteiger partial charge in [-0.3, -0.25) is 0 Å². The van der Waals surface area contributed by atoms with Crippen LogP contribution in [0.4, 0.5) is 8.78 Å². The maximum absolute atomic E-state index is 14.6. The summed E-state index contributed by atoms with van der Waals surface area (Å²) >= 11 is 0. The maximum Gasteiger partial charge on any atom is 0.188 e. The van der Waals surface area contributed by atoms with E-state index in [4.69, 9.17) is 9.47 Å². The van der Waals surface area contributed by atoms with Gasteiger partial charge in [0.2, 0.25) is 0 Å². The SMILES string of the molecule is COCOc1cc(B2CC(C)(C)C(C)(C)C2)c2c(F)c(F)ccc2c1. The average Bonchev–Trinajstić information content (AvgIpc) is 2.76. The molecule has 134 valence electrons. The van der Waals surface area contributed by atoms with Crippen LogP contribution >= 0.6 is 0 Å². The van der Waals surface area contributed by atoms with Crippen molar-refractivity contribution < 1.29 is 18.3 Å². The topological polar surface area (TPSA) is 18.5 Å². The van der Waals surface area contributed by atoms with Crippen LogP contribution in [0.2, 0.25) is 12.6 Å². The first kappa shape index (κ1) is 18.2. The largest absolute Gasteiger partial charge is 0.468 e. The average molecular weight is 346 g/mol. The molecule has 2 aromatic rings. The molecule has 1 saturated heterocycles. The van der Waals surface area contributed by atoms with Crippen molar-refractivity contribution in [1.82, 2.24) is 0 Å². The number of benzene rings is 2. The zero-order valence-corrected chi connectivity index (χ0v) is 15.6. The molecule has 0 saturated carbocycles. The van der Waals surface area contributed by atoms with Crippen molar-refractivity contribution >= 4 is 22.9 Å². The third kappa shape index (κ3) is 3.14. The minimum atomic E-state index is -0.809. The van der Waals surface area contributed by atoms with E-state index < -0.39 is 11.6 Å². The number of methoxy groups -OCH3 is 1. The highest BCUT2D eigenvalue weighted by Crippen LogP contribution is 2.53. The molecule has 0 atom stereocenters. The van der Waals surface area contributed by atoms with Crippen LogP contribution in [0.3, 0.4) is 0 Å². The third-order valence-corrected chi connectivity index (χ3v) is 6.14. The highest BCUT2D eigenvalue weighted by atomic mass is 19.2. The summed E-state index contributed by atoms with van der Waals surface area (Å²) in [5.41, 5.74) is 1.08. The van der Waals surface area contributed by atoms with Crippen molar-refractivity contribution in [2.75, 3.05) is 13.9 Å². The fourth-order valence-corrected chi connectivity index (χ4v) is 4.01. The second-order valence-corrected chi connectivity index (χ2v) is 8.40. The lowest BCUT2D eigenvalue weighted by Crippen LogP contribution is -2.29. The Balaban J connectivity index is 2.16. The Hall–Kier alpha value is -1.62.